The molecule has 2 nitrogen and oxygen atoms in total. The van der Waals surface area contributed by atoms with Crippen LogP contribution in [-0.2, 0) is 0 Å². The fraction of sp³-hybridized carbons (Fsp3) is 0.636. The number of aliphatic hydroxyl groups is 2. The molecule has 0 amide bonds. The summed E-state index contributed by atoms with van der Waals surface area (Å²) in [7, 11) is 0. The van der Waals surface area contributed by atoms with Gasteiger partial charge < -0.3 is 10.2 Å². The maximum absolute atomic E-state index is 8.79. The molecular weight excluding hydrogens is 164 g/mol. The Labute approximate surface area is 80.0 Å². The van der Waals surface area contributed by atoms with Crippen LogP contribution in [0.1, 0.15) is 33.1 Å². The molecule has 0 aliphatic rings. The second kappa shape index (κ2) is 7.68. The zero-order valence-electron chi connectivity index (χ0n) is 8.17. The molecule has 0 radical (unpaired) electrons. The maximum atomic E-state index is 8.79. The van der Waals surface area contributed by atoms with E-state index in [-0.39, 0.29) is 0 Å². The molecule has 2 unspecified atom stereocenters. The summed E-state index contributed by atoms with van der Waals surface area (Å²) in [6, 6.07) is 0. The Morgan fingerprint density at radius 2 is 1.31 bits per heavy atom. The van der Waals surface area contributed by atoms with Gasteiger partial charge in [-0.2, -0.15) is 0 Å². The Hall–Kier alpha value is -0.960. The molecular formula is C11H16O2. The van der Waals surface area contributed by atoms with E-state index in [1.807, 2.05) is 0 Å². The summed E-state index contributed by atoms with van der Waals surface area (Å²) >= 11 is 0. The highest BCUT2D eigenvalue weighted by Gasteiger charge is 1.84. The minimum atomic E-state index is -0.538. The van der Waals surface area contributed by atoms with Crippen LogP contribution >= 0.6 is 0 Å². The van der Waals surface area contributed by atoms with Gasteiger partial charge >= 0.3 is 0 Å². The molecule has 2 heteroatoms. The monoisotopic (exact) mass is 180 g/mol. The van der Waals surface area contributed by atoms with Gasteiger partial charge in [-0.25, -0.2) is 0 Å². The molecule has 0 saturated carbocycles. The highest BCUT2D eigenvalue weighted by Crippen LogP contribution is 1.92. The number of rotatable bonds is 2. The molecule has 0 spiro atoms. The minimum absolute atomic E-state index is 0.538. The van der Waals surface area contributed by atoms with Crippen LogP contribution < -0.4 is 0 Å². The molecule has 2 N–H and O–H groups in total. The van der Waals surface area contributed by atoms with Crippen molar-refractivity contribution in [2.24, 2.45) is 0 Å². The summed E-state index contributed by atoms with van der Waals surface area (Å²) in [6.45, 7) is 3.28. The molecule has 0 bridgehead atoms. The van der Waals surface area contributed by atoms with Crippen molar-refractivity contribution < 1.29 is 10.2 Å². The first-order valence-electron chi connectivity index (χ1n) is 4.46. The van der Waals surface area contributed by atoms with E-state index in [4.69, 9.17) is 10.2 Å². The fourth-order valence-corrected chi connectivity index (χ4v) is 0.705. The second-order valence-electron chi connectivity index (χ2n) is 2.85. The second-order valence-corrected chi connectivity index (χ2v) is 2.85. The Morgan fingerprint density at radius 1 is 0.923 bits per heavy atom. The van der Waals surface area contributed by atoms with Gasteiger partial charge in [-0.3, -0.25) is 0 Å². The van der Waals surface area contributed by atoms with Crippen molar-refractivity contribution in [3.8, 4) is 23.7 Å². The molecule has 0 aromatic rings. The van der Waals surface area contributed by atoms with Crippen LogP contribution in [0.4, 0.5) is 0 Å². The minimum Gasteiger partial charge on any atom is -0.381 e. The van der Waals surface area contributed by atoms with E-state index in [0.717, 1.165) is 19.3 Å². The normalized spacial score (nSPS) is 13.2. The lowest BCUT2D eigenvalue weighted by Gasteiger charge is -1.89. The molecule has 0 aromatic carbocycles. The highest BCUT2D eigenvalue weighted by atomic mass is 16.3. The summed E-state index contributed by atoms with van der Waals surface area (Å²) in [5.41, 5.74) is 0. The summed E-state index contributed by atoms with van der Waals surface area (Å²) in [5, 5.41) is 17.6. The standard InChI is InChI=1S/C11H16O2/c1-10(12)8-6-4-3-5-7-9-11(2)13/h10-13H,3-5H2,1-2H3. The zero-order valence-corrected chi connectivity index (χ0v) is 8.17. The molecule has 2 atom stereocenters. The van der Waals surface area contributed by atoms with Crippen molar-refractivity contribution in [2.45, 2.75) is 45.3 Å². The van der Waals surface area contributed by atoms with Gasteiger partial charge in [0.2, 0.25) is 0 Å². The topological polar surface area (TPSA) is 40.5 Å². The lowest BCUT2D eigenvalue weighted by Crippen LogP contribution is -1.92. The van der Waals surface area contributed by atoms with E-state index >= 15 is 0 Å². The summed E-state index contributed by atoms with van der Waals surface area (Å²) in [4.78, 5) is 0. The average Bonchev–Trinajstić information content (AvgIpc) is 2.01. The quantitative estimate of drug-likeness (QED) is 0.490. The van der Waals surface area contributed by atoms with Crippen molar-refractivity contribution in [3.63, 3.8) is 0 Å². The van der Waals surface area contributed by atoms with Crippen molar-refractivity contribution in [1.29, 1.82) is 0 Å². The Bertz CT molecular complexity index is 206. The zero-order chi connectivity index (χ0) is 10.1. The summed E-state index contributed by atoms with van der Waals surface area (Å²) in [5.74, 6) is 11.0. The molecule has 0 aromatic heterocycles. The van der Waals surface area contributed by atoms with Crippen LogP contribution in [0, 0.1) is 23.7 Å². The Balaban J connectivity index is 3.40. The van der Waals surface area contributed by atoms with Gasteiger partial charge in [-0.15, -0.1) is 11.8 Å². The summed E-state index contributed by atoms with van der Waals surface area (Å²) < 4.78 is 0. The lowest BCUT2D eigenvalue weighted by molar-refractivity contribution is 0.253. The molecule has 0 heterocycles. The first-order valence-corrected chi connectivity index (χ1v) is 4.46. The van der Waals surface area contributed by atoms with Crippen LogP contribution in [0.3, 0.4) is 0 Å². The Kier molecular flexibility index (Phi) is 7.11. The highest BCUT2D eigenvalue weighted by molar-refractivity contribution is 5.05. The first-order chi connectivity index (χ1) is 6.13. The van der Waals surface area contributed by atoms with Crippen molar-refractivity contribution in [3.05, 3.63) is 0 Å². The predicted molar refractivity (Wildman–Crippen MR) is 52.8 cm³/mol. The van der Waals surface area contributed by atoms with Gasteiger partial charge in [0.25, 0.3) is 0 Å². The van der Waals surface area contributed by atoms with Crippen LogP contribution in [0.5, 0.6) is 0 Å². The number of hydrogen-bond donors (Lipinski definition) is 2. The van der Waals surface area contributed by atoms with Crippen LogP contribution in [0.25, 0.3) is 0 Å². The molecule has 13 heavy (non-hydrogen) atoms. The average molecular weight is 180 g/mol. The van der Waals surface area contributed by atoms with E-state index in [9.17, 15) is 0 Å². The predicted octanol–water partition coefficient (Wildman–Crippen LogP) is 0.925. The number of aliphatic hydroxyl groups excluding tert-OH is 2. The SMILES string of the molecule is CC(O)C#CCCCC#CC(C)O. The summed E-state index contributed by atoms with van der Waals surface area (Å²) in [6.07, 6.45) is 1.31. The third-order valence-electron chi connectivity index (χ3n) is 1.23. The van der Waals surface area contributed by atoms with E-state index in [1.54, 1.807) is 13.8 Å². The van der Waals surface area contributed by atoms with Gasteiger partial charge in [-0.1, -0.05) is 11.8 Å². The largest absolute Gasteiger partial charge is 0.381 e. The number of hydrogen-bond acceptors (Lipinski definition) is 2. The van der Waals surface area contributed by atoms with Crippen LogP contribution in [0.15, 0.2) is 0 Å². The lowest BCUT2D eigenvalue weighted by atomic mass is 10.2. The van der Waals surface area contributed by atoms with Crippen molar-refractivity contribution in [2.75, 3.05) is 0 Å². The maximum Gasteiger partial charge on any atom is 0.111 e. The van der Waals surface area contributed by atoms with Gasteiger partial charge in [0, 0.05) is 12.8 Å². The molecule has 0 rings (SSSR count). The third-order valence-corrected chi connectivity index (χ3v) is 1.23. The molecule has 72 valence electrons. The van der Waals surface area contributed by atoms with Crippen molar-refractivity contribution >= 4 is 0 Å². The molecule has 0 aliphatic carbocycles. The van der Waals surface area contributed by atoms with Crippen LogP contribution in [-0.4, -0.2) is 22.4 Å². The van der Waals surface area contributed by atoms with Gasteiger partial charge in [0.05, 0.1) is 0 Å². The van der Waals surface area contributed by atoms with E-state index in [2.05, 4.69) is 23.7 Å². The Morgan fingerprint density at radius 3 is 1.62 bits per heavy atom. The van der Waals surface area contributed by atoms with E-state index in [1.165, 1.54) is 0 Å². The van der Waals surface area contributed by atoms with Gasteiger partial charge in [0.1, 0.15) is 12.2 Å². The van der Waals surface area contributed by atoms with Gasteiger partial charge in [-0.05, 0) is 20.3 Å². The molecule has 0 fully saturated rings. The molecule has 0 saturated heterocycles. The van der Waals surface area contributed by atoms with Crippen molar-refractivity contribution in [1.82, 2.24) is 0 Å². The fourth-order valence-electron chi connectivity index (χ4n) is 0.705. The third kappa shape index (κ3) is 11.0. The first kappa shape index (κ1) is 12.0. The van der Waals surface area contributed by atoms with E-state index < -0.39 is 12.2 Å². The number of unbranched alkanes of at least 4 members (excludes halogenated alkanes) is 2. The van der Waals surface area contributed by atoms with Gasteiger partial charge in [0.15, 0.2) is 0 Å². The molecule has 0 aliphatic heterocycles. The smallest absolute Gasteiger partial charge is 0.111 e. The van der Waals surface area contributed by atoms with Crippen LogP contribution in [0.2, 0.25) is 0 Å². The van der Waals surface area contributed by atoms with E-state index in [0.29, 0.717) is 0 Å².